The number of nitrogens with zero attached hydrogens (tertiary/aromatic N) is 2. The molecule has 7 heteroatoms. The minimum Gasteiger partial charge on any atom is -0.478 e. The fraction of sp³-hybridized carbons (Fsp3) is 0.462. The quantitative estimate of drug-likeness (QED) is 0.362. The first-order valence-corrected chi connectivity index (χ1v) is 16.4. The lowest BCUT2D eigenvalue weighted by Gasteiger charge is -2.53. The summed E-state index contributed by atoms with van der Waals surface area (Å²) >= 11 is 0. The van der Waals surface area contributed by atoms with Crippen molar-refractivity contribution in [3.63, 3.8) is 0 Å². The first kappa shape index (κ1) is 31.8. The number of hydrogen-bond acceptors (Lipinski definition) is 5. The fourth-order valence-corrected chi connectivity index (χ4v) is 8.92. The van der Waals surface area contributed by atoms with Crippen molar-refractivity contribution < 1.29 is 24.6 Å². The third-order valence-corrected chi connectivity index (χ3v) is 11.3. The fourth-order valence-electron chi connectivity index (χ4n) is 8.92. The second kappa shape index (κ2) is 12.2. The number of amides is 1. The molecule has 0 radical (unpaired) electrons. The molecule has 2 fully saturated rings. The Morgan fingerprint density at radius 2 is 1.80 bits per heavy atom. The molecular formula is C39H44N2O5. The maximum atomic E-state index is 13.1. The molecule has 1 amide bonds. The van der Waals surface area contributed by atoms with Crippen LogP contribution in [0.2, 0.25) is 0 Å². The van der Waals surface area contributed by atoms with Crippen LogP contribution in [0.5, 0.6) is 0 Å². The molecule has 2 saturated carbocycles. The molecule has 7 nitrogen and oxygen atoms in total. The number of carbonyl (C=O) groups is 3. The van der Waals surface area contributed by atoms with Crippen molar-refractivity contribution in [3.8, 4) is 11.8 Å². The first-order chi connectivity index (χ1) is 21.9. The van der Waals surface area contributed by atoms with Gasteiger partial charge in [0, 0.05) is 44.1 Å². The molecule has 0 heterocycles. The van der Waals surface area contributed by atoms with Gasteiger partial charge in [-0.05, 0) is 110 Å². The van der Waals surface area contributed by atoms with E-state index in [9.17, 15) is 24.6 Å². The molecular weight excluding hydrogens is 576 g/mol. The van der Waals surface area contributed by atoms with E-state index in [1.165, 1.54) is 22.3 Å². The predicted molar refractivity (Wildman–Crippen MR) is 178 cm³/mol. The number of carboxylic acid groups (broad SMARTS) is 1. The average molecular weight is 621 g/mol. The molecule has 0 spiro atoms. The van der Waals surface area contributed by atoms with Gasteiger partial charge >= 0.3 is 5.97 Å². The van der Waals surface area contributed by atoms with Crippen molar-refractivity contribution in [1.29, 1.82) is 0 Å². The summed E-state index contributed by atoms with van der Waals surface area (Å²) < 4.78 is 0. The number of ketones is 1. The number of benzene rings is 2. The van der Waals surface area contributed by atoms with Gasteiger partial charge in [0.15, 0.2) is 5.78 Å². The maximum absolute atomic E-state index is 13.1. The van der Waals surface area contributed by atoms with E-state index in [4.69, 9.17) is 0 Å². The van der Waals surface area contributed by atoms with Gasteiger partial charge in [-0.25, -0.2) is 4.79 Å². The van der Waals surface area contributed by atoms with E-state index in [-0.39, 0.29) is 35.1 Å². The van der Waals surface area contributed by atoms with E-state index in [0.29, 0.717) is 31.2 Å². The smallest absolute Gasteiger partial charge is 0.335 e. The Morgan fingerprint density at radius 3 is 2.52 bits per heavy atom. The number of carboxylic acids is 1. The third-order valence-electron chi connectivity index (χ3n) is 11.3. The second-order valence-electron chi connectivity index (χ2n) is 14.0. The molecule has 0 unspecified atom stereocenters. The molecule has 46 heavy (non-hydrogen) atoms. The van der Waals surface area contributed by atoms with Gasteiger partial charge in [0.05, 0.1) is 12.1 Å². The highest BCUT2D eigenvalue weighted by Crippen LogP contribution is 2.66. The lowest BCUT2D eigenvalue weighted by Crippen LogP contribution is -2.51. The molecule has 0 aromatic heterocycles. The summed E-state index contributed by atoms with van der Waals surface area (Å²) in [6.07, 6.45) is 7.63. The third kappa shape index (κ3) is 5.58. The lowest BCUT2D eigenvalue weighted by atomic mass is 9.51. The summed E-state index contributed by atoms with van der Waals surface area (Å²) in [4.78, 5) is 40.4. The molecule has 6 rings (SSSR count). The zero-order valence-corrected chi connectivity index (χ0v) is 27.3. The van der Waals surface area contributed by atoms with Crippen LogP contribution in [0, 0.1) is 29.1 Å². The molecule has 5 atom stereocenters. The van der Waals surface area contributed by atoms with Gasteiger partial charge in [0.2, 0.25) is 5.91 Å². The molecule has 2 N–H and O–H groups in total. The van der Waals surface area contributed by atoms with Gasteiger partial charge in [-0.15, -0.1) is 5.92 Å². The Bertz CT molecular complexity index is 1690. The van der Waals surface area contributed by atoms with Crippen LogP contribution in [0.4, 0.5) is 5.69 Å². The van der Waals surface area contributed by atoms with E-state index in [0.717, 1.165) is 43.4 Å². The number of aliphatic hydroxyl groups is 1. The Balaban J connectivity index is 1.25. The van der Waals surface area contributed by atoms with Crippen LogP contribution in [0.15, 0.2) is 71.3 Å². The minimum atomic E-state index is -1.01. The number of aromatic carboxylic acids is 1. The van der Waals surface area contributed by atoms with Gasteiger partial charge in [0.1, 0.15) is 5.60 Å². The number of fused-ring (bicyclic) bond motifs is 4. The van der Waals surface area contributed by atoms with E-state index in [1.54, 1.807) is 30.1 Å². The highest BCUT2D eigenvalue weighted by Gasteiger charge is 2.62. The van der Waals surface area contributed by atoms with Crippen LogP contribution in [0.25, 0.3) is 0 Å². The highest BCUT2D eigenvalue weighted by molar-refractivity contribution is 5.93. The molecule has 0 bridgehead atoms. The van der Waals surface area contributed by atoms with Crippen molar-refractivity contribution in [2.24, 2.45) is 17.3 Å². The zero-order valence-electron chi connectivity index (χ0n) is 27.3. The van der Waals surface area contributed by atoms with Crippen molar-refractivity contribution in [2.45, 2.75) is 76.9 Å². The molecule has 2 aromatic carbocycles. The van der Waals surface area contributed by atoms with E-state index in [2.05, 4.69) is 43.0 Å². The molecule has 0 saturated heterocycles. The second-order valence-corrected chi connectivity index (χ2v) is 14.0. The summed E-state index contributed by atoms with van der Waals surface area (Å²) in [5.41, 5.74) is 5.81. The van der Waals surface area contributed by atoms with Crippen molar-refractivity contribution >= 4 is 23.3 Å². The SMILES string of the molecule is CC#C[C@]1(O)CC[C@H]2[C@@H]3CCC4=CC(=O)CCC4=C3[C@@H](c3ccc(N(C)CC(=O)N(C)Cc4cccc(C(=O)O)c4)cc3)C[C@@]21C. The monoisotopic (exact) mass is 620 g/mol. The minimum absolute atomic E-state index is 0.0701. The largest absolute Gasteiger partial charge is 0.478 e. The number of anilines is 1. The van der Waals surface area contributed by atoms with Crippen LogP contribution >= 0.6 is 0 Å². The summed E-state index contributed by atoms with van der Waals surface area (Å²) in [7, 11) is 3.63. The number of carbonyl (C=O) groups excluding carboxylic acids is 2. The van der Waals surface area contributed by atoms with Gasteiger partial charge in [-0.2, -0.15) is 0 Å². The van der Waals surface area contributed by atoms with E-state index < -0.39 is 11.6 Å². The molecule has 4 aliphatic carbocycles. The van der Waals surface area contributed by atoms with Gasteiger partial charge in [-0.3, -0.25) is 9.59 Å². The summed E-state index contributed by atoms with van der Waals surface area (Å²) in [6.45, 7) is 4.57. The number of likely N-dealkylation sites (N-methyl/N-ethyl adjacent to an activating group) is 2. The summed E-state index contributed by atoms with van der Waals surface area (Å²) in [5, 5.41) is 21.2. The molecule has 240 valence electrons. The number of rotatable bonds is 7. The van der Waals surface area contributed by atoms with Crippen molar-refractivity contribution in [3.05, 3.63) is 88.0 Å². The Labute approximate surface area is 272 Å². The van der Waals surface area contributed by atoms with Crippen molar-refractivity contribution in [1.82, 2.24) is 4.90 Å². The van der Waals surface area contributed by atoms with Crippen molar-refractivity contribution in [2.75, 3.05) is 25.5 Å². The van der Waals surface area contributed by atoms with E-state index >= 15 is 0 Å². The normalized spacial score (nSPS) is 28.2. The zero-order chi connectivity index (χ0) is 32.8. The topological polar surface area (TPSA) is 98.2 Å². The van der Waals surface area contributed by atoms with Crippen LogP contribution in [0.1, 0.15) is 86.2 Å². The van der Waals surface area contributed by atoms with Crippen LogP contribution in [0.3, 0.4) is 0 Å². The summed E-state index contributed by atoms with van der Waals surface area (Å²) in [5.74, 6) is 6.27. The highest BCUT2D eigenvalue weighted by atomic mass is 16.4. The Morgan fingerprint density at radius 1 is 1.04 bits per heavy atom. The summed E-state index contributed by atoms with van der Waals surface area (Å²) in [6, 6.07) is 15.1. The average Bonchev–Trinajstić information content (AvgIpc) is 3.30. The van der Waals surface area contributed by atoms with Gasteiger partial charge in [0.25, 0.3) is 0 Å². The van der Waals surface area contributed by atoms with Crippen LogP contribution in [-0.2, 0) is 16.1 Å². The molecule has 0 aliphatic heterocycles. The number of allylic oxidation sites excluding steroid dienone is 4. The Kier molecular flexibility index (Phi) is 8.45. The van der Waals surface area contributed by atoms with Crippen LogP contribution in [-0.4, -0.2) is 59.0 Å². The maximum Gasteiger partial charge on any atom is 0.335 e. The van der Waals surface area contributed by atoms with Gasteiger partial charge < -0.3 is 20.0 Å². The first-order valence-electron chi connectivity index (χ1n) is 16.4. The molecule has 4 aliphatic rings. The lowest BCUT2D eigenvalue weighted by molar-refractivity contribution is -0.128. The van der Waals surface area contributed by atoms with Crippen LogP contribution < -0.4 is 4.90 Å². The van der Waals surface area contributed by atoms with E-state index in [1.807, 2.05) is 31.0 Å². The Hall–Kier alpha value is -4.15. The number of hydrogen-bond donors (Lipinski definition) is 2. The molecule has 2 aromatic rings. The predicted octanol–water partition coefficient (Wildman–Crippen LogP) is 6.13. The standard InChI is InChI=1S/C39H44N2O5/c1-5-18-39(46)19-17-34-32-15-11-27-21-30(42)14-16-31(27)36(32)33(22-38(34,39)2)26-9-12-29(13-10-26)40(3)24-35(43)41(4)23-25-7-6-8-28(20-25)37(44)45/h6-10,12-13,20-21,32-34,46H,11,14-17,19,22-24H2,1-4H3,(H,44,45)/t32-,33+,34-,38-,39-/m0/s1. The van der Waals surface area contributed by atoms with Gasteiger partial charge in [-0.1, -0.05) is 42.7 Å².